The summed E-state index contributed by atoms with van der Waals surface area (Å²) < 4.78 is 4.36. The lowest BCUT2D eigenvalue weighted by Gasteiger charge is -2.06. The quantitative estimate of drug-likeness (QED) is 0.441. The van der Waals surface area contributed by atoms with Gasteiger partial charge in [-0.25, -0.2) is 4.79 Å². The predicted molar refractivity (Wildman–Crippen MR) is 45.5 cm³/mol. The second-order valence-corrected chi connectivity index (χ2v) is 2.68. The molecule has 0 aromatic carbocycles. The molecule has 4 nitrogen and oxygen atoms in total. The van der Waals surface area contributed by atoms with E-state index in [0.717, 1.165) is 19.3 Å². The first kappa shape index (κ1) is 11.4. The maximum absolute atomic E-state index is 10.7. The Balaban J connectivity index is 3.31. The molecule has 0 spiro atoms. The summed E-state index contributed by atoms with van der Waals surface area (Å²) >= 11 is 0. The lowest BCUT2D eigenvalue weighted by atomic mass is 10.1. The topological polar surface area (TPSA) is 72.5 Å². The molecule has 1 atom stereocenters. The van der Waals surface area contributed by atoms with E-state index >= 15 is 0 Å². The van der Waals surface area contributed by atoms with Crippen LogP contribution in [-0.2, 0) is 9.53 Å². The number of carbonyl (C=O) groups is 1. The SMILES string of the molecule is COC(=O)C(O)CCCCCN. The van der Waals surface area contributed by atoms with E-state index in [4.69, 9.17) is 10.8 Å². The van der Waals surface area contributed by atoms with Crippen molar-refractivity contribution >= 4 is 5.97 Å². The molecule has 0 aliphatic carbocycles. The Hall–Kier alpha value is -0.610. The van der Waals surface area contributed by atoms with Crippen molar-refractivity contribution in [3.63, 3.8) is 0 Å². The predicted octanol–water partition coefficient (Wildman–Crippen LogP) is 0.0394. The van der Waals surface area contributed by atoms with Gasteiger partial charge in [0.2, 0.25) is 0 Å². The lowest BCUT2D eigenvalue weighted by Crippen LogP contribution is -2.21. The van der Waals surface area contributed by atoms with Crippen LogP contribution in [0.25, 0.3) is 0 Å². The van der Waals surface area contributed by atoms with Gasteiger partial charge in [-0.1, -0.05) is 12.8 Å². The highest BCUT2D eigenvalue weighted by atomic mass is 16.5. The standard InChI is InChI=1S/C8H17NO3/c1-12-8(11)7(10)5-3-2-4-6-9/h7,10H,2-6,9H2,1H3. The van der Waals surface area contributed by atoms with Crippen molar-refractivity contribution in [1.29, 1.82) is 0 Å². The maximum atomic E-state index is 10.7. The number of hydrogen-bond donors (Lipinski definition) is 2. The van der Waals surface area contributed by atoms with E-state index in [1.807, 2.05) is 0 Å². The molecule has 0 saturated carbocycles. The second kappa shape index (κ2) is 7.06. The second-order valence-electron chi connectivity index (χ2n) is 2.68. The number of unbranched alkanes of at least 4 members (excludes halogenated alkanes) is 2. The van der Waals surface area contributed by atoms with Crippen LogP contribution in [0.1, 0.15) is 25.7 Å². The number of ether oxygens (including phenoxy) is 1. The molecule has 0 radical (unpaired) electrons. The third-order valence-electron chi connectivity index (χ3n) is 1.65. The maximum Gasteiger partial charge on any atom is 0.334 e. The molecule has 3 N–H and O–H groups in total. The molecule has 0 aliphatic heterocycles. The van der Waals surface area contributed by atoms with Crippen LogP contribution in [0.3, 0.4) is 0 Å². The van der Waals surface area contributed by atoms with Gasteiger partial charge in [0.15, 0.2) is 6.10 Å². The first-order valence-corrected chi connectivity index (χ1v) is 4.18. The molecular formula is C8H17NO3. The lowest BCUT2D eigenvalue weighted by molar-refractivity contribution is -0.150. The summed E-state index contributed by atoms with van der Waals surface area (Å²) in [6.45, 7) is 0.661. The Morgan fingerprint density at radius 3 is 2.67 bits per heavy atom. The fourth-order valence-electron chi connectivity index (χ4n) is 0.913. The zero-order valence-corrected chi connectivity index (χ0v) is 7.45. The average molecular weight is 175 g/mol. The van der Waals surface area contributed by atoms with E-state index in [1.165, 1.54) is 7.11 Å². The van der Waals surface area contributed by atoms with E-state index in [-0.39, 0.29) is 0 Å². The average Bonchev–Trinajstić information content (AvgIpc) is 2.10. The minimum Gasteiger partial charge on any atom is -0.467 e. The molecule has 12 heavy (non-hydrogen) atoms. The minimum atomic E-state index is -0.965. The van der Waals surface area contributed by atoms with Crippen LogP contribution in [-0.4, -0.2) is 30.8 Å². The Bertz CT molecular complexity index is 127. The van der Waals surface area contributed by atoms with Crippen LogP contribution < -0.4 is 5.73 Å². The van der Waals surface area contributed by atoms with E-state index in [1.54, 1.807) is 0 Å². The fourth-order valence-corrected chi connectivity index (χ4v) is 0.913. The molecule has 0 bridgehead atoms. The Morgan fingerprint density at radius 1 is 1.50 bits per heavy atom. The Kier molecular flexibility index (Phi) is 6.70. The summed E-state index contributed by atoms with van der Waals surface area (Å²) in [4.78, 5) is 10.7. The molecule has 0 aromatic heterocycles. The zero-order chi connectivity index (χ0) is 9.40. The van der Waals surface area contributed by atoms with Gasteiger partial charge in [-0.3, -0.25) is 0 Å². The third kappa shape index (κ3) is 5.09. The molecule has 0 saturated heterocycles. The third-order valence-corrected chi connectivity index (χ3v) is 1.65. The van der Waals surface area contributed by atoms with Crippen molar-refractivity contribution in [2.75, 3.05) is 13.7 Å². The van der Waals surface area contributed by atoms with Gasteiger partial charge in [-0.15, -0.1) is 0 Å². The van der Waals surface area contributed by atoms with Gasteiger partial charge >= 0.3 is 5.97 Å². The molecule has 1 unspecified atom stereocenters. The highest BCUT2D eigenvalue weighted by molar-refractivity contribution is 5.74. The highest BCUT2D eigenvalue weighted by Gasteiger charge is 2.13. The monoisotopic (exact) mass is 175 g/mol. The van der Waals surface area contributed by atoms with Crippen LogP contribution >= 0.6 is 0 Å². The number of rotatable bonds is 6. The van der Waals surface area contributed by atoms with Gasteiger partial charge in [0, 0.05) is 0 Å². The Morgan fingerprint density at radius 2 is 2.17 bits per heavy atom. The summed E-state index contributed by atoms with van der Waals surface area (Å²) in [5.41, 5.74) is 5.28. The van der Waals surface area contributed by atoms with Gasteiger partial charge < -0.3 is 15.6 Å². The first-order chi connectivity index (χ1) is 5.72. The summed E-state index contributed by atoms with van der Waals surface area (Å²) in [7, 11) is 1.27. The van der Waals surface area contributed by atoms with Gasteiger partial charge in [0.25, 0.3) is 0 Å². The van der Waals surface area contributed by atoms with Crippen molar-refractivity contribution in [3.8, 4) is 0 Å². The van der Waals surface area contributed by atoms with Crippen molar-refractivity contribution in [2.24, 2.45) is 5.73 Å². The number of hydrogen-bond acceptors (Lipinski definition) is 4. The largest absolute Gasteiger partial charge is 0.467 e. The highest BCUT2D eigenvalue weighted by Crippen LogP contribution is 2.03. The first-order valence-electron chi connectivity index (χ1n) is 4.18. The van der Waals surface area contributed by atoms with Crippen LogP contribution in [0.4, 0.5) is 0 Å². The zero-order valence-electron chi connectivity index (χ0n) is 7.45. The van der Waals surface area contributed by atoms with Crippen molar-refractivity contribution in [3.05, 3.63) is 0 Å². The number of esters is 1. The summed E-state index contributed by atoms with van der Waals surface area (Å²) in [5.74, 6) is -0.553. The van der Waals surface area contributed by atoms with Gasteiger partial charge in [0.1, 0.15) is 0 Å². The molecule has 0 heterocycles. The van der Waals surface area contributed by atoms with Crippen LogP contribution in [0.5, 0.6) is 0 Å². The number of carbonyl (C=O) groups excluding carboxylic acids is 1. The number of aliphatic hydroxyl groups is 1. The molecule has 0 aromatic rings. The molecule has 72 valence electrons. The van der Waals surface area contributed by atoms with Gasteiger partial charge in [-0.05, 0) is 19.4 Å². The van der Waals surface area contributed by atoms with E-state index in [0.29, 0.717) is 13.0 Å². The molecule has 0 amide bonds. The van der Waals surface area contributed by atoms with Gasteiger partial charge in [-0.2, -0.15) is 0 Å². The Labute approximate surface area is 72.7 Å². The number of nitrogens with two attached hydrogens (primary N) is 1. The van der Waals surface area contributed by atoms with Crippen LogP contribution in [0.2, 0.25) is 0 Å². The summed E-state index contributed by atoms with van der Waals surface area (Å²) in [6.07, 6.45) is 2.20. The van der Waals surface area contributed by atoms with Crippen molar-refractivity contribution < 1.29 is 14.6 Å². The molecule has 4 heteroatoms. The minimum absolute atomic E-state index is 0.465. The van der Waals surface area contributed by atoms with E-state index < -0.39 is 12.1 Å². The molecule has 0 fully saturated rings. The van der Waals surface area contributed by atoms with E-state index in [2.05, 4.69) is 4.74 Å². The number of aliphatic hydroxyl groups excluding tert-OH is 1. The smallest absolute Gasteiger partial charge is 0.334 e. The van der Waals surface area contributed by atoms with E-state index in [9.17, 15) is 4.79 Å². The fraction of sp³-hybridized carbons (Fsp3) is 0.875. The van der Waals surface area contributed by atoms with Crippen LogP contribution in [0, 0.1) is 0 Å². The van der Waals surface area contributed by atoms with Crippen molar-refractivity contribution in [2.45, 2.75) is 31.8 Å². The molecule has 0 rings (SSSR count). The molecule has 0 aliphatic rings. The molecular weight excluding hydrogens is 158 g/mol. The summed E-state index contributed by atoms with van der Waals surface area (Å²) in [5, 5.41) is 9.11. The van der Waals surface area contributed by atoms with Crippen LogP contribution in [0.15, 0.2) is 0 Å². The number of methoxy groups -OCH3 is 1. The van der Waals surface area contributed by atoms with Gasteiger partial charge in [0.05, 0.1) is 7.11 Å². The van der Waals surface area contributed by atoms with Crippen molar-refractivity contribution in [1.82, 2.24) is 0 Å². The summed E-state index contributed by atoms with van der Waals surface area (Å²) in [6, 6.07) is 0. The normalized spacial score (nSPS) is 12.6.